The molecular formula is C14H22N2O2. The fourth-order valence-corrected chi connectivity index (χ4v) is 1.42. The molecule has 0 aromatic heterocycles. The van der Waals surface area contributed by atoms with Crippen LogP contribution in [0.25, 0.3) is 0 Å². The Labute approximate surface area is 109 Å². The molecule has 0 unspecified atom stereocenters. The van der Waals surface area contributed by atoms with Gasteiger partial charge >= 0.3 is 0 Å². The first-order chi connectivity index (χ1) is 8.61. The second kappa shape index (κ2) is 7.71. The third-order valence-corrected chi connectivity index (χ3v) is 2.57. The quantitative estimate of drug-likeness (QED) is 0.774. The average Bonchev–Trinajstić information content (AvgIpc) is 2.36. The van der Waals surface area contributed by atoms with Gasteiger partial charge in [0.05, 0.1) is 0 Å². The predicted octanol–water partition coefficient (Wildman–Crippen LogP) is 1.69. The zero-order valence-corrected chi connectivity index (χ0v) is 11.1. The fourth-order valence-electron chi connectivity index (χ4n) is 1.42. The molecule has 4 heteroatoms. The van der Waals surface area contributed by atoms with Gasteiger partial charge in [-0.2, -0.15) is 0 Å². The first-order valence-corrected chi connectivity index (χ1v) is 6.30. The molecule has 0 spiro atoms. The molecule has 4 nitrogen and oxygen atoms in total. The number of nitrogens with one attached hydrogen (secondary N) is 1. The molecule has 0 saturated carbocycles. The van der Waals surface area contributed by atoms with Crippen LogP contribution in [0.2, 0.25) is 0 Å². The molecule has 0 fully saturated rings. The summed E-state index contributed by atoms with van der Waals surface area (Å²) in [6.45, 7) is 5.52. The van der Waals surface area contributed by atoms with Crippen LogP contribution >= 0.6 is 0 Å². The van der Waals surface area contributed by atoms with Crippen molar-refractivity contribution in [1.29, 1.82) is 0 Å². The Morgan fingerprint density at radius 1 is 1.33 bits per heavy atom. The van der Waals surface area contributed by atoms with Gasteiger partial charge in [0.15, 0.2) is 6.61 Å². The molecule has 0 bridgehead atoms. The van der Waals surface area contributed by atoms with Crippen molar-refractivity contribution < 1.29 is 9.53 Å². The van der Waals surface area contributed by atoms with E-state index in [0.717, 1.165) is 12.0 Å². The van der Waals surface area contributed by atoms with Gasteiger partial charge in [-0.3, -0.25) is 4.79 Å². The number of hydrogen-bond donors (Lipinski definition) is 2. The van der Waals surface area contributed by atoms with Crippen molar-refractivity contribution in [2.24, 2.45) is 11.7 Å². The summed E-state index contributed by atoms with van der Waals surface area (Å²) in [5.74, 6) is 1.19. The van der Waals surface area contributed by atoms with E-state index in [9.17, 15) is 4.79 Å². The topological polar surface area (TPSA) is 64.3 Å². The van der Waals surface area contributed by atoms with Gasteiger partial charge in [-0.05, 0) is 30.0 Å². The Kier molecular flexibility index (Phi) is 6.22. The van der Waals surface area contributed by atoms with Crippen molar-refractivity contribution in [1.82, 2.24) is 5.32 Å². The van der Waals surface area contributed by atoms with Crippen LogP contribution < -0.4 is 15.8 Å². The van der Waals surface area contributed by atoms with Gasteiger partial charge in [0.1, 0.15) is 5.75 Å². The molecule has 0 aliphatic rings. The lowest BCUT2D eigenvalue weighted by Gasteiger charge is -2.09. The normalized spacial score (nSPS) is 10.4. The van der Waals surface area contributed by atoms with Crippen LogP contribution in [0.3, 0.4) is 0 Å². The largest absolute Gasteiger partial charge is 0.484 e. The summed E-state index contributed by atoms with van der Waals surface area (Å²) in [6, 6.07) is 7.44. The van der Waals surface area contributed by atoms with Crippen molar-refractivity contribution in [3.05, 3.63) is 29.8 Å². The van der Waals surface area contributed by atoms with E-state index in [4.69, 9.17) is 10.5 Å². The zero-order valence-electron chi connectivity index (χ0n) is 11.1. The van der Waals surface area contributed by atoms with Crippen molar-refractivity contribution in [2.45, 2.75) is 26.8 Å². The van der Waals surface area contributed by atoms with E-state index in [1.54, 1.807) is 0 Å². The summed E-state index contributed by atoms with van der Waals surface area (Å²) in [5.41, 5.74) is 6.54. The van der Waals surface area contributed by atoms with Crippen molar-refractivity contribution in [3.63, 3.8) is 0 Å². The lowest BCUT2D eigenvalue weighted by Crippen LogP contribution is -2.30. The summed E-state index contributed by atoms with van der Waals surface area (Å²) in [4.78, 5) is 11.5. The number of carbonyl (C=O) groups excluding carboxylic acids is 1. The number of nitrogens with two attached hydrogens (primary N) is 1. The van der Waals surface area contributed by atoms with Gasteiger partial charge in [0, 0.05) is 13.1 Å². The van der Waals surface area contributed by atoms with Gasteiger partial charge in [-0.15, -0.1) is 0 Å². The zero-order chi connectivity index (χ0) is 13.4. The van der Waals surface area contributed by atoms with Crippen LogP contribution in [0, 0.1) is 5.92 Å². The summed E-state index contributed by atoms with van der Waals surface area (Å²) in [7, 11) is 0. The van der Waals surface area contributed by atoms with Crippen molar-refractivity contribution in [3.8, 4) is 5.75 Å². The number of benzene rings is 1. The molecule has 1 amide bonds. The average molecular weight is 250 g/mol. The molecule has 0 atom stereocenters. The summed E-state index contributed by atoms with van der Waals surface area (Å²) < 4.78 is 5.37. The van der Waals surface area contributed by atoms with E-state index in [2.05, 4.69) is 19.2 Å². The Morgan fingerprint density at radius 2 is 2.00 bits per heavy atom. The Balaban J connectivity index is 2.24. The highest BCUT2D eigenvalue weighted by atomic mass is 16.5. The van der Waals surface area contributed by atoms with Gasteiger partial charge in [0.2, 0.25) is 0 Å². The van der Waals surface area contributed by atoms with Gasteiger partial charge in [-0.25, -0.2) is 0 Å². The molecule has 0 heterocycles. The molecule has 3 N–H and O–H groups in total. The Morgan fingerprint density at radius 3 is 2.56 bits per heavy atom. The highest BCUT2D eigenvalue weighted by Gasteiger charge is 2.02. The summed E-state index contributed by atoms with van der Waals surface area (Å²) in [6.07, 6.45) is 0.983. The van der Waals surface area contributed by atoms with Crippen LogP contribution in [0.5, 0.6) is 5.75 Å². The molecule has 0 radical (unpaired) electrons. The minimum absolute atomic E-state index is 0.0556. The van der Waals surface area contributed by atoms with E-state index >= 15 is 0 Å². The number of hydrogen-bond acceptors (Lipinski definition) is 3. The van der Waals surface area contributed by atoms with Crippen LogP contribution in [0.4, 0.5) is 0 Å². The lowest BCUT2D eigenvalue weighted by atomic mass is 10.1. The highest BCUT2D eigenvalue weighted by Crippen LogP contribution is 2.11. The molecule has 1 aromatic carbocycles. The van der Waals surface area contributed by atoms with Crippen LogP contribution in [-0.4, -0.2) is 19.1 Å². The van der Waals surface area contributed by atoms with E-state index in [0.29, 0.717) is 24.8 Å². The van der Waals surface area contributed by atoms with Crippen LogP contribution in [0.1, 0.15) is 25.8 Å². The molecule has 1 rings (SSSR count). The SMILES string of the molecule is CC(C)CCNC(=O)COc1ccc(CN)cc1. The third kappa shape index (κ3) is 5.68. The van der Waals surface area contributed by atoms with E-state index in [-0.39, 0.29) is 12.5 Å². The predicted molar refractivity (Wildman–Crippen MR) is 72.3 cm³/mol. The van der Waals surface area contributed by atoms with Crippen molar-refractivity contribution >= 4 is 5.91 Å². The second-order valence-corrected chi connectivity index (χ2v) is 4.67. The molecule has 18 heavy (non-hydrogen) atoms. The molecule has 0 saturated heterocycles. The Bertz CT molecular complexity index is 361. The number of rotatable bonds is 7. The van der Waals surface area contributed by atoms with Gasteiger partial charge in [-0.1, -0.05) is 26.0 Å². The molecule has 1 aromatic rings. The molecular weight excluding hydrogens is 228 g/mol. The van der Waals surface area contributed by atoms with Gasteiger partial charge < -0.3 is 15.8 Å². The smallest absolute Gasteiger partial charge is 0.257 e. The fraction of sp³-hybridized carbons (Fsp3) is 0.500. The van der Waals surface area contributed by atoms with Crippen LogP contribution in [0.15, 0.2) is 24.3 Å². The monoisotopic (exact) mass is 250 g/mol. The minimum atomic E-state index is -0.0847. The number of amides is 1. The third-order valence-electron chi connectivity index (χ3n) is 2.57. The minimum Gasteiger partial charge on any atom is -0.484 e. The first-order valence-electron chi connectivity index (χ1n) is 6.30. The first kappa shape index (κ1) is 14.5. The Hall–Kier alpha value is -1.55. The highest BCUT2D eigenvalue weighted by molar-refractivity contribution is 5.77. The van der Waals surface area contributed by atoms with E-state index in [1.807, 2.05) is 24.3 Å². The van der Waals surface area contributed by atoms with Crippen LogP contribution in [-0.2, 0) is 11.3 Å². The van der Waals surface area contributed by atoms with Gasteiger partial charge in [0.25, 0.3) is 5.91 Å². The maximum atomic E-state index is 11.5. The summed E-state index contributed by atoms with van der Waals surface area (Å²) >= 11 is 0. The maximum absolute atomic E-state index is 11.5. The lowest BCUT2D eigenvalue weighted by molar-refractivity contribution is -0.123. The van der Waals surface area contributed by atoms with Crippen molar-refractivity contribution in [2.75, 3.05) is 13.2 Å². The molecule has 100 valence electrons. The number of carbonyl (C=O) groups is 1. The molecule has 0 aliphatic heterocycles. The van der Waals surface area contributed by atoms with E-state index in [1.165, 1.54) is 0 Å². The van der Waals surface area contributed by atoms with E-state index < -0.39 is 0 Å². The summed E-state index contributed by atoms with van der Waals surface area (Å²) in [5, 5.41) is 2.82. The molecule has 0 aliphatic carbocycles. The standard InChI is InChI=1S/C14H22N2O2/c1-11(2)7-8-16-14(17)10-18-13-5-3-12(9-15)4-6-13/h3-6,11H,7-10,15H2,1-2H3,(H,16,17). The number of ether oxygens (including phenoxy) is 1. The second-order valence-electron chi connectivity index (χ2n) is 4.67. The maximum Gasteiger partial charge on any atom is 0.257 e.